The largest absolute Gasteiger partial charge is 0.449 e. The Balaban J connectivity index is 0.00000400. The molecule has 1 atom stereocenters. The topological polar surface area (TPSA) is 64.3 Å². The van der Waals surface area contributed by atoms with E-state index in [0.29, 0.717) is 12.1 Å². The zero-order chi connectivity index (χ0) is 15.2. The van der Waals surface area contributed by atoms with Crippen LogP contribution in [0, 0.1) is 0 Å². The lowest BCUT2D eigenvalue weighted by Crippen LogP contribution is -2.27. The molecule has 4 nitrogen and oxygen atoms in total. The van der Waals surface area contributed by atoms with Gasteiger partial charge in [0.15, 0.2) is 0 Å². The van der Waals surface area contributed by atoms with Crippen LogP contribution >= 0.6 is 12.4 Å². The second-order valence-corrected chi connectivity index (χ2v) is 4.18. The summed E-state index contributed by atoms with van der Waals surface area (Å²) in [5.74, 6) is -0.472. The van der Waals surface area contributed by atoms with Gasteiger partial charge in [0.2, 0.25) is 0 Å². The molecule has 21 heavy (non-hydrogen) atoms. The molecule has 0 aliphatic carbocycles. The van der Waals surface area contributed by atoms with Crippen LogP contribution < -0.4 is 11.1 Å². The zero-order valence-corrected chi connectivity index (χ0v) is 12.3. The normalized spacial score (nSPS) is 12.2. The maximum absolute atomic E-state index is 12.6. The minimum atomic E-state index is -4.41. The van der Waals surface area contributed by atoms with Crippen molar-refractivity contribution in [2.75, 3.05) is 19.7 Å². The van der Waals surface area contributed by atoms with E-state index in [1.807, 2.05) is 0 Å². The van der Waals surface area contributed by atoms with Crippen molar-refractivity contribution in [3.63, 3.8) is 0 Å². The fourth-order valence-corrected chi connectivity index (χ4v) is 1.64. The first-order chi connectivity index (χ1) is 9.38. The highest BCUT2D eigenvalue weighted by atomic mass is 35.5. The van der Waals surface area contributed by atoms with E-state index in [2.05, 4.69) is 5.32 Å². The van der Waals surface area contributed by atoms with E-state index in [1.165, 1.54) is 12.1 Å². The zero-order valence-electron chi connectivity index (χ0n) is 11.4. The third kappa shape index (κ3) is 6.22. The number of alkyl halides is 3. The van der Waals surface area contributed by atoms with Crippen LogP contribution in [0.4, 0.5) is 18.0 Å². The maximum atomic E-state index is 12.6. The number of rotatable bonds is 5. The lowest BCUT2D eigenvalue weighted by molar-refractivity contribution is -0.137. The molecule has 0 spiro atoms. The molecule has 0 saturated carbocycles. The number of benzene rings is 1. The van der Waals surface area contributed by atoms with E-state index in [9.17, 15) is 18.0 Å². The SMILES string of the molecule is CCNC(=O)OCC(CN)c1cccc(C(F)(F)F)c1.Cl. The van der Waals surface area contributed by atoms with E-state index < -0.39 is 23.8 Å². The van der Waals surface area contributed by atoms with E-state index in [1.54, 1.807) is 6.92 Å². The van der Waals surface area contributed by atoms with Gasteiger partial charge < -0.3 is 15.8 Å². The van der Waals surface area contributed by atoms with Crippen LogP contribution in [0.5, 0.6) is 0 Å². The molecule has 1 rings (SSSR count). The van der Waals surface area contributed by atoms with Crippen molar-refractivity contribution in [3.05, 3.63) is 35.4 Å². The summed E-state index contributed by atoms with van der Waals surface area (Å²) in [5.41, 5.74) is 5.18. The smallest absolute Gasteiger partial charge is 0.416 e. The fraction of sp³-hybridized carbons (Fsp3) is 0.462. The molecule has 0 fully saturated rings. The summed E-state index contributed by atoms with van der Waals surface area (Å²) in [7, 11) is 0. The van der Waals surface area contributed by atoms with Gasteiger partial charge in [0.25, 0.3) is 0 Å². The highest BCUT2D eigenvalue weighted by Crippen LogP contribution is 2.31. The third-order valence-corrected chi connectivity index (χ3v) is 2.71. The monoisotopic (exact) mass is 326 g/mol. The predicted octanol–water partition coefficient (Wildman–Crippen LogP) is 2.92. The molecular formula is C13H18ClF3N2O2. The average Bonchev–Trinajstić information content (AvgIpc) is 2.39. The van der Waals surface area contributed by atoms with Crippen LogP contribution in [-0.4, -0.2) is 25.8 Å². The Morgan fingerprint density at radius 1 is 1.43 bits per heavy atom. The Labute approximate surface area is 127 Å². The number of nitrogens with two attached hydrogens (primary N) is 1. The van der Waals surface area contributed by atoms with Crippen molar-refractivity contribution in [2.45, 2.75) is 19.0 Å². The molecule has 1 aromatic rings. The van der Waals surface area contributed by atoms with Crippen LogP contribution in [0.15, 0.2) is 24.3 Å². The summed E-state index contributed by atoms with van der Waals surface area (Å²) in [6.07, 6.45) is -5.02. The lowest BCUT2D eigenvalue weighted by atomic mass is 9.98. The number of halogens is 4. The molecule has 1 unspecified atom stereocenters. The summed E-state index contributed by atoms with van der Waals surface area (Å²) in [6, 6.07) is 4.86. The minimum absolute atomic E-state index is 0. The molecule has 3 N–H and O–H groups in total. The number of alkyl carbamates (subject to hydrolysis) is 1. The molecule has 0 saturated heterocycles. The van der Waals surface area contributed by atoms with Crippen LogP contribution in [0.25, 0.3) is 0 Å². The van der Waals surface area contributed by atoms with Gasteiger partial charge in [0.05, 0.1) is 5.56 Å². The number of amides is 1. The minimum Gasteiger partial charge on any atom is -0.449 e. The van der Waals surface area contributed by atoms with Crippen molar-refractivity contribution in [2.24, 2.45) is 5.73 Å². The molecular weight excluding hydrogens is 309 g/mol. The Bertz CT molecular complexity index is 455. The molecule has 0 aliphatic heterocycles. The summed E-state index contributed by atoms with van der Waals surface area (Å²) < 4.78 is 42.8. The summed E-state index contributed by atoms with van der Waals surface area (Å²) >= 11 is 0. The second kappa shape index (κ2) is 8.74. The second-order valence-electron chi connectivity index (χ2n) is 4.18. The van der Waals surface area contributed by atoms with Crippen molar-refractivity contribution < 1.29 is 22.7 Å². The first-order valence-corrected chi connectivity index (χ1v) is 6.16. The van der Waals surface area contributed by atoms with E-state index in [0.717, 1.165) is 12.1 Å². The van der Waals surface area contributed by atoms with Gasteiger partial charge in [-0.2, -0.15) is 13.2 Å². The first kappa shape index (κ1) is 19.5. The number of hydrogen-bond donors (Lipinski definition) is 2. The van der Waals surface area contributed by atoms with Crippen LogP contribution in [0.2, 0.25) is 0 Å². The summed E-state index contributed by atoms with van der Waals surface area (Å²) in [5, 5.41) is 2.43. The molecule has 1 amide bonds. The Kier molecular flexibility index (Phi) is 8.12. The first-order valence-electron chi connectivity index (χ1n) is 6.16. The molecule has 1 aromatic carbocycles. The van der Waals surface area contributed by atoms with Crippen LogP contribution in [0.1, 0.15) is 24.0 Å². The van der Waals surface area contributed by atoms with Crippen molar-refractivity contribution in [1.29, 1.82) is 0 Å². The molecule has 0 bridgehead atoms. The third-order valence-electron chi connectivity index (χ3n) is 2.71. The molecule has 0 aromatic heterocycles. The van der Waals surface area contributed by atoms with Crippen molar-refractivity contribution >= 4 is 18.5 Å². The standard InChI is InChI=1S/C13H17F3N2O2.ClH/c1-2-18-12(19)20-8-10(7-17)9-4-3-5-11(6-9)13(14,15)16;/h3-6,10H,2,7-8,17H2,1H3,(H,18,19);1H. The molecule has 0 radical (unpaired) electrons. The highest BCUT2D eigenvalue weighted by Gasteiger charge is 2.31. The van der Waals surface area contributed by atoms with Gasteiger partial charge in [-0.05, 0) is 18.6 Å². The Morgan fingerprint density at radius 2 is 2.10 bits per heavy atom. The highest BCUT2D eigenvalue weighted by molar-refractivity contribution is 5.85. The van der Waals surface area contributed by atoms with Gasteiger partial charge in [-0.25, -0.2) is 4.79 Å². The number of hydrogen-bond acceptors (Lipinski definition) is 3. The van der Waals surface area contributed by atoms with Gasteiger partial charge in [-0.3, -0.25) is 0 Å². The van der Waals surface area contributed by atoms with E-state index >= 15 is 0 Å². The lowest BCUT2D eigenvalue weighted by Gasteiger charge is -2.17. The summed E-state index contributed by atoms with van der Waals surface area (Å²) in [6.45, 7) is 2.16. The Hall–Kier alpha value is -1.47. The molecule has 120 valence electrons. The van der Waals surface area contributed by atoms with Gasteiger partial charge in [-0.1, -0.05) is 18.2 Å². The Morgan fingerprint density at radius 3 is 2.62 bits per heavy atom. The molecule has 0 aliphatic rings. The molecule has 0 heterocycles. The van der Waals surface area contributed by atoms with Gasteiger partial charge >= 0.3 is 12.3 Å². The van der Waals surface area contributed by atoms with Crippen molar-refractivity contribution in [1.82, 2.24) is 5.32 Å². The van der Waals surface area contributed by atoms with Crippen LogP contribution in [0.3, 0.4) is 0 Å². The number of carbonyl (C=O) groups excluding carboxylic acids is 1. The predicted molar refractivity (Wildman–Crippen MR) is 75.5 cm³/mol. The van der Waals surface area contributed by atoms with Gasteiger partial charge in [0, 0.05) is 19.0 Å². The average molecular weight is 327 g/mol. The fourth-order valence-electron chi connectivity index (χ4n) is 1.64. The number of carbonyl (C=O) groups is 1. The summed E-state index contributed by atoms with van der Waals surface area (Å²) in [4.78, 5) is 11.2. The molecule has 8 heteroatoms. The van der Waals surface area contributed by atoms with Crippen molar-refractivity contribution in [3.8, 4) is 0 Å². The van der Waals surface area contributed by atoms with Crippen LogP contribution in [-0.2, 0) is 10.9 Å². The quantitative estimate of drug-likeness (QED) is 0.874. The number of nitrogens with one attached hydrogen (secondary N) is 1. The van der Waals surface area contributed by atoms with Gasteiger partial charge in [-0.15, -0.1) is 12.4 Å². The van der Waals surface area contributed by atoms with Gasteiger partial charge in [0.1, 0.15) is 6.61 Å². The number of ether oxygens (including phenoxy) is 1. The van der Waals surface area contributed by atoms with E-state index in [4.69, 9.17) is 10.5 Å². The van der Waals surface area contributed by atoms with E-state index in [-0.39, 0.29) is 25.6 Å². The maximum Gasteiger partial charge on any atom is 0.416 e.